The lowest BCUT2D eigenvalue weighted by Crippen LogP contribution is -2.41. The molecule has 1 atom stereocenters. The summed E-state index contributed by atoms with van der Waals surface area (Å²) < 4.78 is 3.09. The van der Waals surface area contributed by atoms with Gasteiger partial charge < -0.3 is 4.90 Å². The number of aromatic nitrogens is 3. The van der Waals surface area contributed by atoms with Crippen molar-refractivity contribution in [2.75, 3.05) is 6.54 Å². The fourth-order valence-corrected chi connectivity index (χ4v) is 4.03. The molecule has 2 aromatic rings. The molecule has 2 aliphatic heterocycles. The molecule has 6 nitrogen and oxygen atoms in total. The van der Waals surface area contributed by atoms with Crippen molar-refractivity contribution >= 4 is 5.91 Å². The molecule has 6 heteroatoms. The summed E-state index contributed by atoms with van der Waals surface area (Å²) >= 11 is 0. The van der Waals surface area contributed by atoms with E-state index in [9.17, 15) is 9.59 Å². The van der Waals surface area contributed by atoms with Crippen LogP contribution in [-0.4, -0.2) is 37.7 Å². The third-order valence-electron chi connectivity index (χ3n) is 5.33. The molecule has 4 rings (SSSR count). The molecule has 2 aliphatic rings. The summed E-state index contributed by atoms with van der Waals surface area (Å²) in [6, 6.07) is 10.5. The lowest BCUT2D eigenvalue weighted by atomic mass is 10.0. The number of likely N-dealkylation sites (tertiary alicyclic amines) is 1. The normalized spacial score (nSPS) is 19.8. The summed E-state index contributed by atoms with van der Waals surface area (Å²) in [6.45, 7) is 1.56. The Kier molecular flexibility index (Phi) is 4.42. The second kappa shape index (κ2) is 6.86. The van der Waals surface area contributed by atoms with E-state index in [1.807, 2.05) is 23.1 Å². The van der Waals surface area contributed by atoms with E-state index >= 15 is 0 Å². The van der Waals surface area contributed by atoms with Gasteiger partial charge in [0.05, 0.1) is 0 Å². The standard InChI is InChI=1S/C19H24N4O2/c24-18(14-23-19(25)22-11-5-4-10-17(22)20-23)21-12-6-9-16(21)13-15-7-2-1-3-8-15/h1-3,7-8,16H,4-6,9-14H2. The monoisotopic (exact) mass is 340 g/mol. The fraction of sp³-hybridized carbons (Fsp3) is 0.526. The van der Waals surface area contributed by atoms with Crippen LogP contribution in [0.3, 0.4) is 0 Å². The average molecular weight is 340 g/mol. The minimum Gasteiger partial charge on any atom is -0.338 e. The van der Waals surface area contributed by atoms with E-state index in [0.717, 1.165) is 57.4 Å². The smallest absolute Gasteiger partial charge is 0.338 e. The zero-order chi connectivity index (χ0) is 17.2. The molecule has 1 amide bonds. The highest BCUT2D eigenvalue weighted by molar-refractivity contribution is 5.76. The van der Waals surface area contributed by atoms with Gasteiger partial charge in [-0.15, -0.1) is 0 Å². The Morgan fingerprint density at radius 1 is 1.12 bits per heavy atom. The van der Waals surface area contributed by atoms with E-state index in [1.54, 1.807) is 4.57 Å². The molecule has 0 N–H and O–H groups in total. The van der Waals surface area contributed by atoms with Gasteiger partial charge in [0, 0.05) is 25.6 Å². The lowest BCUT2D eigenvalue weighted by molar-refractivity contribution is -0.132. The van der Waals surface area contributed by atoms with Crippen LogP contribution in [0.2, 0.25) is 0 Å². The fourth-order valence-electron chi connectivity index (χ4n) is 4.03. The van der Waals surface area contributed by atoms with E-state index in [0.29, 0.717) is 0 Å². The molecule has 1 unspecified atom stereocenters. The number of hydrogen-bond acceptors (Lipinski definition) is 3. The maximum atomic E-state index is 12.8. The van der Waals surface area contributed by atoms with Crippen molar-refractivity contribution in [3.8, 4) is 0 Å². The Morgan fingerprint density at radius 2 is 1.96 bits per heavy atom. The summed E-state index contributed by atoms with van der Waals surface area (Å²) in [5, 5.41) is 4.39. The average Bonchev–Trinajstić information content (AvgIpc) is 3.21. The first-order valence-corrected chi connectivity index (χ1v) is 9.22. The molecule has 0 spiro atoms. The number of benzene rings is 1. The lowest BCUT2D eigenvalue weighted by Gasteiger charge is -2.24. The Balaban J connectivity index is 1.47. The van der Waals surface area contributed by atoms with Crippen molar-refractivity contribution in [2.24, 2.45) is 0 Å². The van der Waals surface area contributed by atoms with Gasteiger partial charge >= 0.3 is 5.69 Å². The second-order valence-corrected chi connectivity index (χ2v) is 7.04. The van der Waals surface area contributed by atoms with Crippen LogP contribution in [-0.2, 0) is 30.7 Å². The molecule has 1 fully saturated rings. The van der Waals surface area contributed by atoms with Crippen LogP contribution in [0.15, 0.2) is 35.1 Å². The van der Waals surface area contributed by atoms with Crippen molar-refractivity contribution in [3.05, 3.63) is 52.2 Å². The Hall–Kier alpha value is -2.37. The van der Waals surface area contributed by atoms with Gasteiger partial charge in [0.25, 0.3) is 0 Å². The number of nitrogens with zero attached hydrogens (tertiary/aromatic N) is 4. The first-order chi connectivity index (χ1) is 12.2. The molecule has 1 saturated heterocycles. The number of rotatable bonds is 4. The minimum absolute atomic E-state index is 0.0102. The van der Waals surface area contributed by atoms with Gasteiger partial charge in [-0.2, -0.15) is 5.10 Å². The summed E-state index contributed by atoms with van der Waals surface area (Å²) in [7, 11) is 0. The third kappa shape index (κ3) is 3.25. The van der Waals surface area contributed by atoms with Gasteiger partial charge in [0.15, 0.2) is 0 Å². The van der Waals surface area contributed by atoms with Crippen LogP contribution in [0, 0.1) is 0 Å². The summed E-state index contributed by atoms with van der Waals surface area (Å²) in [5.74, 6) is 0.835. The van der Waals surface area contributed by atoms with E-state index < -0.39 is 0 Å². The van der Waals surface area contributed by atoms with E-state index in [4.69, 9.17) is 0 Å². The van der Waals surface area contributed by atoms with Gasteiger partial charge in [-0.1, -0.05) is 30.3 Å². The first kappa shape index (κ1) is 16.1. The predicted molar refractivity (Wildman–Crippen MR) is 94.3 cm³/mol. The van der Waals surface area contributed by atoms with Crippen LogP contribution in [0.1, 0.15) is 37.1 Å². The zero-order valence-electron chi connectivity index (χ0n) is 14.4. The highest BCUT2D eigenvalue weighted by Gasteiger charge is 2.29. The Morgan fingerprint density at radius 3 is 2.76 bits per heavy atom. The van der Waals surface area contributed by atoms with Crippen molar-refractivity contribution in [1.82, 2.24) is 19.2 Å². The third-order valence-corrected chi connectivity index (χ3v) is 5.33. The second-order valence-electron chi connectivity index (χ2n) is 7.04. The minimum atomic E-state index is -0.137. The van der Waals surface area contributed by atoms with E-state index in [1.165, 1.54) is 10.2 Å². The van der Waals surface area contributed by atoms with Gasteiger partial charge in [0.1, 0.15) is 12.4 Å². The van der Waals surface area contributed by atoms with Crippen LogP contribution in [0.4, 0.5) is 0 Å². The van der Waals surface area contributed by atoms with E-state index in [-0.39, 0.29) is 24.2 Å². The highest BCUT2D eigenvalue weighted by atomic mass is 16.2. The van der Waals surface area contributed by atoms with Gasteiger partial charge in [0.2, 0.25) is 5.91 Å². The molecule has 1 aromatic heterocycles. The molecule has 132 valence electrons. The number of hydrogen-bond donors (Lipinski definition) is 0. The van der Waals surface area contributed by atoms with Crippen molar-refractivity contribution < 1.29 is 4.79 Å². The largest absolute Gasteiger partial charge is 0.346 e. The molecule has 0 saturated carbocycles. The summed E-state index contributed by atoms with van der Waals surface area (Å²) in [4.78, 5) is 27.2. The number of fused-ring (bicyclic) bond motifs is 1. The van der Waals surface area contributed by atoms with Gasteiger partial charge in [-0.3, -0.25) is 9.36 Å². The molecule has 1 aromatic carbocycles. The van der Waals surface area contributed by atoms with Crippen LogP contribution >= 0.6 is 0 Å². The number of aryl methyl sites for hydroxylation is 1. The maximum Gasteiger partial charge on any atom is 0.346 e. The molecule has 25 heavy (non-hydrogen) atoms. The molecule has 3 heterocycles. The predicted octanol–water partition coefficient (Wildman–Crippen LogP) is 1.61. The van der Waals surface area contributed by atoms with Crippen molar-refractivity contribution in [1.29, 1.82) is 0 Å². The summed E-state index contributed by atoms with van der Waals surface area (Å²) in [5.41, 5.74) is 1.11. The van der Waals surface area contributed by atoms with E-state index in [2.05, 4.69) is 17.2 Å². The van der Waals surface area contributed by atoms with Crippen LogP contribution in [0.5, 0.6) is 0 Å². The quantitative estimate of drug-likeness (QED) is 0.850. The molecular formula is C19H24N4O2. The van der Waals surface area contributed by atoms with Crippen molar-refractivity contribution in [2.45, 2.75) is 57.7 Å². The number of carbonyl (C=O) groups excluding carboxylic acids is 1. The van der Waals surface area contributed by atoms with Crippen molar-refractivity contribution in [3.63, 3.8) is 0 Å². The Labute approximate surface area is 147 Å². The Bertz CT molecular complexity index is 809. The number of amides is 1. The van der Waals surface area contributed by atoms with Gasteiger partial charge in [-0.05, 0) is 37.7 Å². The van der Waals surface area contributed by atoms with Crippen LogP contribution in [0.25, 0.3) is 0 Å². The number of carbonyl (C=O) groups is 1. The molecule has 0 radical (unpaired) electrons. The highest BCUT2D eigenvalue weighted by Crippen LogP contribution is 2.21. The maximum absolute atomic E-state index is 12.8. The van der Waals surface area contributed by atoms with Crippen LogP contribution < -0.4 is 5.69 Å². The topological polar surface area (TPSA) is 60.1 Å². The summed E-state index contributed by atoms with van der Waals surface area (Å²) in [6.07, 6.45) is 5.83. The first-order valence-electron chi connectivity index (χ1n) is 9.22. The SMILES string of the molecule is O=C(Cn1nc2n(c1=O)CCCC2)N1CCCC1Cc1ccccc1. The van der Waals surface area contributed by atoms with Gasteiger partial charge in [-0.25, -0.2) is 9.48 Å². The zero-order valence-corrected chi connectivity index (χ0v) is 14.4. The molecule has 0 bridgehead atoms. The molecule has 0 aliphatic carbocycles. The molecular weight excluding hydrogens is 316 g/mol.